The molecule has 0 amide bonds. The van der Waals surface area contributed by atoms with Crippen molar-refractivity contribution >= 4 is 0 Å². The van der Waals surface area contributed by atoms with E-state index in [2.05, 4.69) is 24.5 Å². The van der Waals surface area contributed by atoms with Gasteiger partial charge in [-0.1, -0.05) is 12.1 Å². The van der Waals surface area contributed by atoms with Crippen LogP contribution in [0, 0.1) is 17.3 Å². The summed E-state index contributed by atoms with van der Waals surface area (Å²) in [5, 5.41) is 12.7. The lowest BCUT2D eigenvalue weighted by Crippen LogP contribution is -2.33. The molecule has 0 saturated heterocycles. The third kappa shape index (κ3) is 2.19. The van der Waals surface area contributed by atoms with E-state index in [4.69, 9.17) is 0 Å². The molecule has 1 aromatic rings. The highest BCUT2D eigenvalue weighted by molar-refractivity contribution is 5.27. The molecule has 2 atom stereocenters. The summed E-state index contributed by atoms with van der Waals surface area (Å²) < 4.78 is 0. The summed E-state index contributed by atoms with van der Waals surface area (Å²) in [7, 11) is 2.06. The van der Waals surface area contributed by atoms with E-state index in [-0.39, 0.29) is 0 Å². The molecular weight excluding hydrogens is 210 g/mol. The van der Waals surface area contributed by atoms with Crippen molar-refractivity contribution in [3.63, 3.8) is 0 Å². The lowest BCUT2D eigenvalue weighted by Gasteiger charge is -2.31. The van der Waals surface area contributed by atoms with Gasteiger partial charge in [0.05, 0.1) is 0 Å². The minimum atomic E-state index is 0.366. The van der Waals surface area contributed by atoms with E-state index in [1.807, 2.05) is 0 Å². The van der Waals surface area contributed by atoms with Crippen molar-refractivity contribution in [3.8, 4) is 5.75 Å². The molecule has 0 spiro atoms. The minimum Gasteiger partial charge on any atom is -0.508 e. The monoisotopic (exact) mass is 231 g/mol. The zero-order valence-electron chi connectivity index (χ0n) is 10.4. The normalized spacial score (nSPS) is 34.6. The smallest absolute Gasteiger partial charge is 0.115 e. The Morgan fingerprint density at radius 2 is 1.88 bits per heavy atom. The van der Waals surface area contributed by atoms with Crippen molar-refractivity contribution in [1.29, 1.82) is 0 Å². The Morgan fingerprint density at radius 1 is 1.24 bits per heavy atom. The molecule has 3 rings (SSSR count). The van der Waals surface area contributed by atoms with Crippen LogP contribution < -0.4 is 5.32 Å². The number of benzene rings is 1. The molecule has 2 N–H and O–H groups in total. The summed E-state index contributed by atoms with van der Waals surface area (Å²) >= 11 is 0. The highest BCUT2D eigenvalue weighted by atomic mass is 16.3. The molecule has 2 aliphatic rings. The van der Waals surface area contributed by atoms with Crippen LogP contribution >= 0.6 is 0 Å². The van der Waals surface area contributed by atoms with Gasteiger partial charge in [0, 0.05) is 6.54 Å². The average Bonchev–Trinajstić information content (AvgIpc) is 2.91. The second-order valence-electron chi connectivity index (χ2n) is 6.04. The zero-order valence-corrected chi connectivity index (χ0v) is 10.4. The molecule has 2 nitrogen and oxygen atoms in total. The summed E-state index contributed by atoms with van der Waals surface area (Å²) in [6.07, 6.45) is 5.40. The molecule has 0 heterocycles. The fourth-order valence-electron chi connectivity index (χ4n) is 3.78. The summed E-state index contributed by atoms with van der Waals surface area (Å²) in [5.74, 6) is 2.40. The van der Waals surface area contributed by atoms with Gasteiger partial charge in [0.25, 0.3) is 0 Å². The molecule has 92 valence electrons. The van der Waals surface area contributed by atoms with E-state index in [0.29, 0.717) is 11.2 Å². The van der Waals surface area contributed by atoms with E-state index in [0.717, 1.165) is 24.8 Å². The van der Waals surface area contributed by atoms with E-state index in [1.54, 1.807) is 12.1 Å². The number of phenols is 1. The van der Waals surface area contributed by atoms with Gasteiger partial charge in [-0.3, -0.25) is 0 Å². The van der Waals surface area contributed by atoms with Gasteiger partial charge in [-0.2, -0.15) is 0 Å². The maximum Gasteiger partial charge on any atom is 0.115 e. The lowest BCUT2D eigenvalue weighted by atomic mass is 9.77. The van der Waals surface area contributed by atoms with Crippen LogP contribution in [-0.4, -0.2) is 18.7 Å². The molecule has 2 saturated carbocycles. The van der Waals surface area contributed by atoms with Crippen molar-refractivity contribution in [3.05, 3.63) is 29.8 Å². The first kappa shape index (κ1) is 11.1. The Balaban J connectivity index is 1.74. The average molecular weight is 231 g/mol. The molecule has 2 fully saturated rings. The summed E-state index contributed by atoms with van der Waals surface area (Å²) in [6, 6.07) is 7.74. The van der Waals surface area contributed by atoms with Crippen molar-refractivity contribution < 1.29 is 5.11 Å². The zero-order chi connectivity index (χ0) is 11.9. The quantitative estimate of drug-likeness (QED) is 0.834. The predicted molar refractivity (Wildman–Crippen MR) is 69.0 cm³/mol. The van der Waals surface area contributed by atoms with Crippen LogP contribution in [0.4, 0.5) is 0 Å². The van der Waals surface area contributed by atoms with Crippen LogP contribution in [0.25, 0.3) is 0 Å². The maximum absolute atomic E-state index is 9.32. The van der Waals surface area contributed by atoms with Crippen LogP contribution in [-0.2, 0) is 6.42 Å². The topological polar surface area (TPSA) is 32.3 Å². The fourth-order valence-corrected chi connectivity index (χ4v) is 3.78. The molecule has 17 heavy (non-hydrogen) atoms. The number of aromatic hydroxyl groups is 1. The molecule has 2 heteroatoms. The summed E-state index contributed by atoms with van der Waals surface area (Å²) in [6.45, 7) is 1.13. The van der Waals surface area contributed by atoms with Crippen LogP contribution in [0.1, 0.15) is 24.8 Å². The predicted octanol–water partition coefficient (Wildman–Crippen LogP) is 2.57. The fraction of sp³-hybridized carbons (Fsp3) is 0.600. The van der Waals surface area contributed by atoms with Crippen molar-refractivity contribution in [2.45, 2.75) is 25.7 Å². The van der Waals surface area contributed by atoms with E-state index in [1.165, 1.54) is 24.8 Å². The van der Waals surface area contributed by atoms with E-state index in [9.17, 15) is 5.11 Å². The van der Waals surface area contributed by atoms with Gasteiger partial charge in [0.15, 0.2) is 0 Å². The van der Waals surface area contributed by atoms with Crippen LogP contribution in [0.3, 0.4) is 0 Å². The van der Waals surface area contributed by atoms with Gasteiger partial charge < -0.3 is 10.4 Å². The van der Waals surface area contributed by atoms with Crippen LogP contribution in [0.5, 0.6) is 5.75 Å². The van der Waals surface area contributed by atoms with Gasteiger partial charge in [-0.05, 0) is 67.7 Å². The van der Waals surface area contributed by atoms with Gasteiger partial charge in [0.1, 0.15) is 5.75 Å². The van der Waals surface area contributed by atoms with E-state index >= 15 is 0 Å². The minimum absolute atomic E-state index is 0.366. The Morgan fingerprint density at radius 3 is 2.47 bits per heavy atom. The molecular formula is C15H21NO. The summed E-state index contributed by atoms with van der Waals surface area (Å²) in [4.78, 5) is 0. The highest BCUT2D eigenvalue weighted by Gasteiger charge is 2.53. The summed E-state index contributed by atoms with van der Waals surface area (Å²) in [5.41, 5.74) is 1.83. The largest absolute Gasteiger partial charge is 0.508 e. The van der Waals surface area contributed by atoms with Gasteiger partial charge in [0.2, 0.25) is 0 Å². The first-order chi connectivity index (χ1) is 8.21. The molecule has 2 unspecified atom stereocenters. The Bertz CT molecular complexity index is 388. The van der Waals surface area contributed by atoms with Gasteiger partial charge in [-0.25, -0.2) is 0 Å². The molecule has 0 bridgehead atoms. The van der Waals surface area contributed by atoms with Crippen molar-refractivity contribution in [2.24, 2.45) is 17.3 Å². The molecule has 2 aliphatic carbocycles. The number of hydrogen-bond donors (Lipinski definition) is 2. The standard InChI is InChI=1S/C15H21NO/c1-16-10-15(8-12-6-13(12)9-15)7-11-2-4-14(17)5-3-11/h2-5,12-13,16-17H,6-10H2,1H3. The number of hydrogen-bond acceptors (Lipinski definition) is 2. The number of rotatable bonds is 4. The Hall–Kier alpha value is -1.02. The number of nitrogens with one attached hydrogen (secondary N) is 1. The van der Waals surface area contributed by atoms with Crippen molar-refractivity contribution in [1.82, 2.24) is 5.32 Å². The molecule has 0 radical (unpaired) electrons. The molecule has 0 aliphatic heterocycles. The lowest BCUT2D eigenvalue weighted by molar-refractivity contribution is 0.255. The number of fused-ring (bicyclic) bond motifs is 1. The maximum atomic E-state index is 9.32. The third-order valence-electron chi connectivity index (χ3n) is 4.53. The second kappa shape index (κ2) is 4.02. The first-order valence-electron chi connectivity index (χ1n) is 6.63. The second-order valence-corrected chi connectivity index (χ2v) is 6.04. The Labute approximate surface area is 103 Å². The van der Waals surface area contributed by atoms with Crippen molar-refractivity contribution in [2.75, 3.05) is 13.6 Å². The van der Waals surface area contributed by atoms with Gasteiger partial charge in [-0.15, -0.1) is 0 Å². The molecule has 0 aromatic heterocycles. The molecule has 1 aromatic carbocycles. The number of phenolic OH excluding ortho intramolecular Hbond substituents is 1. The SMILES string of the molecule is CNCC1(Cc2ccc(O)cc2)CC2CC2C1. The van der Waals surface area contributed by atoms with Crippen LogP contribution in [0.2, 0.25) is 0 Å². The highest BCUT2D eigenvalue weighted by Crippen LogP contribution is 2.60. The third-order valence-corrected chi connectivity index (χ3v) is 4.53. The Kier molecular flexibility index (Phi) is 2.62. The van der Waals surface area contributed by atoms with E-state index < -0.39 is 0 Å². The first-order valence-corrected chi connectivity index (χ1v) is 6.63. The van der Waals surface area contributed by atoms with Crippen LogP contribution in [0.15, 0.2) is 24.3 Å². The van der Waals surface area contributed by atoms with Gasteiger partial charge >= 0.3 is 0 Å².